The van der Waals surface area contributed by atoms with E-state index in [0.717, 1.165) is 42.2 Å². The van der Waals surface area contributed by atoms with E-state index in [4.69, 9.17) is 9.47 Å². The first-order chi connectivity index (χ1) is 13.7. The van der Waals surface area contributed by atoms with Crippen LogP contribution in [-0.4, -0.2) is 53.3 Å². The lowest BCUT2D eigenvalue weighted by Crippen LogP contribution is -2.38. The number of aromatic nitrogens is 3. The van der Waals surface area contributed by atoms with Crippen LogP contribution in [0.3, 0.4) is 0 Å². The van der Waals surface area contributed by atoms with Gasteiger partial charge in [0.05, 0.1) is 19.8 Å². The molecule has 3 heterocycles. The lowest BCUT2D eigenvalue weighted by molar-refractivity contribution is 0.0707. The number of rotatable bonds is 5. The number of carbonyl (C=O) groups excluding carboxylic acids is 1. The summed E-state index contributed by atoms with van der Waals surface area (Å²) >= 11 is 1.43. The van der Waals surface area contributed by atoms with Crippen LogP contribution in [0.15, 0.2) is 35.8 Å². The molecule has 0 bridgehead atoms. The van der Waals surface area contributed by atoms with Gasteiger partial charge in [-0.1, -0.05) is 6.07 Å². The molecule has 2 aromatic heterocycles. The Kier molecular flexibility index (Phi) is 5.29. The number of para-hydroxylation sites is 1. The quantitative estimate of drug-likeness (QED) is 0.711. The lowest BCUT2D eigenvalue weighted by atomic mass is 9.93. The molecular formula is C20H22N4O3S. The van der Waals surface area contributed by atoms with E-state index >= 15 is 0 Å². The second kappa shape index (κ2) is 8.02. The number of ether oxygens (including phenoxy) is 2. The minimum absolute atomic E-state index is 0.0209. The second-order valence-corrected chi connectivity index (χ2v) is 7.52. The van der Waals surface area contributed by atoms with Crippen LogP contribution in [0.2, 0.25) is 0 Å². The standard InChI is InChI=1S/C20H22N4O3S/c1-26-17-5-3-4-14(18(17)27-2)19-22-16(12-28-19)20(25)24-10-7-13(8-11-24)15-6-9-21-23-15/h3-6,9,12-13H,7-8,10-11H2,1-2H3,(H,21,23). The fourth-order valence-electron chi connectivity index (χ4n) is 3.60. The molecule has 1 aliphatic heterocycles. The molecule has 8 heteroatoms. The zero-order chi connectivity index (χ0) is 19.5. The Bertz CT molecular complexity index is 946. The van der Waals surface area contributed by atoms with Crippen molar-refractivity contribution >= 4 is 17.2 Å². The summed E-state index contributed by atoms with van der Waals surface area (Å²) in [5.74, 6) is 1.67. The number of hydrogen-bond acceptors (Lipinski definition) is 6. The number of thiazole rings is 1. The normalized spacial score (nSPS) is 14.9. The molecule has 0 saturated carbocycles. The number of likely N-dealkylation sites (tertiary alicyclic amines) is 1. The zero-order valence-corrected chi connectivity index (χ0v) is 16.7. The van der Waals surface area contributed by atoms with Gasteiger partial charge in [0.15, 0.2) is 11.5 Å². The molecule has 7 nitrogen and oxygen atoms in total. The number of nitrogens with one attached hydrogen (secondary N) is 1. The number of methoxy groups -OCH3 is 2. The first kappa shape index (κ1) is 18.5. The van der Waals surface area contributed by atoms with Gasteiger partial charge in [0.2, 0.25) is 0 Å². The highest BCUT2D eigenvalue weighted by molar-refractivity contribution is 7.13. The summed E-state index contributed by atoms with van der Waals surface area (Å²) in [6.07, 6.45) is 3.62. The number of aromatic amines is 1. The van der Waals surface area contributed by atoms with Crippen LogP contribution in [-0.2, 0) is 0 Å². The van der Waals surface area contributed by atoms with Crippen LogP contribution in [0.1, 0.15) is 34.9 Å². The van der Waals surface area contributed by atoms with Crippen LogP contribution in [0.5, 0.6) is 11.5 Å². The van der Waals surface area contributed by atoms with Crippen molar-refractivity contribution in [2.45, 2.75) is 18.8 Å². The summed E-state index contributed by atoms with van der Waals surface area (Å²) in [5.41, 5.74) is 2.45. The molecule has 28 heavy (non-hydrogen) atoms. The Hall–Kier alpha value is -2.87. The third kappa shape index (κ3) is 3.47. The molecule has 0 radical (unpaired) electrons. The van der Waals surface area contributed by atoms with Crippen molar-refractivity contribution in [1.29, 1.82) is 0 Å². The number of nitrogens with zero attached hydrogens (tertiary/aromatic N) is 3. The van der Waals surface area contributed by atoms with Crippen LogP contribution in [0.25, 0.3) is 10.6 Å². The molecule has 1 aromatic carbocycles. The predicted octanol–water partition coefficient (Wildman–Crippen LogP) is 3.57. The largest absolute Gasteiger partial charge is 0.493 e. The zero-order valence-electron chi connectivity index (χ0n) is 15.8. The summed E-state index contributed by atoms with van der Waals surface area (Å²) in [5, 5.41) is 9.62. The molecule has 4 rings (SSSR count). The minimum atomic E-state index is -0.0209. The summed E-state index contributed by atoms with van der Waals surface area (Å²) in [6.45, 7) is 1.44. The predicted molar refractivity (Wildman–Crippen MR) is 107 cm³/mol. The number of benzene rings is 1. The average molecular weight is 398 g/mol. The van der Waals surface area contributed by atoms with E-state index in [0.29, 0.717) is 23.1 Å². The molecule has 0 unspecified atom stereocenters. The van der Waals surface area contributed by atoms with E-state index < -0.39 is 0 Å². The summed E-state index contributed by atoms with van der Waals surface area (Å²) < 4.78 is 10.9. The van der Waals surface area contributed by atoms with Gasteiger partial charge in [0.25, 0.3) is 5.91 Å². The molecule has 1 amide bonds. The van der Waals surface area contributed by atoms with Crippen LogP contribution in [0.4, 0.5) is 0 Å². The van der Waals surface area contributed by atoms with Gasteiger partial charge < -0.3 is 14.4 Å². The fraction of sp³-hybridized carbons (Fsp3) is 0.350. The smallest absolute Gasteiger partial charge is 0.273 e. The molecule has 1 saturated heterocycles. The number of amides is 1. The van der Waals surface area contributed by atoms with Gasteiger partial charge in [-0.25, -0.2) is 4.98 Å². The van der Waals surface area contributed by atoms with Crippen molar-refractivity contribution in [1.82, 2.24) is 20.1 Å². The lowest BCUT2D eigenvalue weighted by Gasteiger charge is -2.31. The van der Waals surface area contributed by atoms with Gasteiger partial charge >= 0.3 is 0 Å². The van der Waals surface area contributed by atoms with Crippen LogP contribution < -0.4 is 9.47 Å². The summed E-state index contributed by atoms with van der Waals surface area (Å²) in [7, 11) is 3.20. The van der Waals surface area contributed by atoms with Gasteiger partial charge in [-0.3, -0.25) is 9.89 Å². The first-order valence-electron chi connectivity index (χ1n) is 9.16. The van der Waals surface area contributed by atoms with Gasteiger partial charge in [0, 0.05) is 36.3 Å². The SMILES string of the molecule is COc1cccc(-c2nc(C(=O)N3CCC(c4ccn[nH]4)CC3)cs2)c1OC. The fourth-order valence-corrected chi connectivity index (χ4v) is 4.42. The highest BCUT2D eigenvalue weighted by atomic mass is 32.1. The Morgan fingerprint density at radius 3 is 2.71 bits per heavy atom. The number of carbonyl (C=O) groups is 1. The maximum Gasteiger partial charge on any atom is 0.273 e. The molecule has 146 valence electrons. The van der Waals surface area contributed by atoms with Crippen molar-refractivity contribution < 1.29 is 14.3 Å². The highest BCUT2D eigenvalue weighted by Gasteiger charge is 2.27. The number of hydrogen-bond donors (Lipinski definition) is 1. The molecule has 1 aliphatic rings. The molecular weight excluding hydrogens is 376 g/mol. The van der Waals surface area contributed by atoms with E-state index in [1.807, 2.05) is 34.5 Å². The Balaban J connectivity index is 1.48. The summed E-state index contributed by atoms with van der Waals surface area (Å²) in [4.78, 5) is 19.4. The second-order valence-electron chi connectivity index (χ2n) is 6.66. The van der Waals surface area contributed by atoms with E-state index in [-0.39, 0.29) is 5.91 Å². The molecule has 0 atom stereocenters. The van der Waals surface area contributed by atoms with E-state index in [1.165, 1.54) is 11.3 Å². The van der Waals surface area contributed by atoms with Crippen molar-refractivity contribution in [3.8, 4) is 22.1 Å². The maximum absolute atomic E-state index is 12.9. The van der Waals surface area contributed by atoms with E-state index in [1.54, 1.807) is 20.4 Å². The van der Waals surface area contributed by atoms with Crippen molar-refractivity contribution in [2.24, 2.45) is 0 Å². The molecule has 3 aromatic rings. The van der Waals surface area contributed by atoms with Crippen LogP contribution in [0, 0.1) is 0 Å². The Morgan fingerprint density at radius 1 is 1.21 bits per heavy atom. The Morgan fingerprint density at radius 2 is 2.04 bits per heavy atom. The van der Waals surface area contributed by atoms with E-state index in [9.17, 15) is 4.79 Å². The van der Waals surface area contributed by atoms with Crippen molar-refractivity contribution in [2.75, 3.05) is 27.3 Å². The average Bonchev–Trinajstić information content (AvgIpc) is 3.45. The third-order valence-corrected chi connectivity index (χ3v) is 5.98. The van der Waals surface area contributed by atoms with Gasteiger partial charge in [-0.15, -0.1) is 11.3 Å². The topological polar surface area (TPSA) is 80.3 Å². The van der Waals surface area contributed by atoms with E-state index in [2.05, 4.69) is 15.2 Å². The van der Waals surface area contributed by atoms with Crippen LogP contribution >= 0.6 is 11.3 Å². The molecule has 1 fully saturated rings. The molecule has 0 aliphatic carbocycles. The van der Waals surface area contributed by atoms with Gasteiger partial charge in [-0.2, -0.15) is 5.10 Å². The van der Waals surface area contributed by atoms with Crippen molar-refractivity contribution in [3.05, 3.63) is 47.2 Å². The van der Waals surface area contributed by atoms with Gasteiger partial charge in [0.1, 0.15) is 10.7 Å². The van der Waals surface area contributed by atoms with Crippen molar-refractivity contribution in [3.63, 3.8) is 0 Å². The monoisotopic (exact) mass is 398 g/mol. The Labute approximate surface area is 167 Å². The van der Waals surface area contributed by atoms with Gasteiger partial charge in [-0.05, 0) is 31.0 Å². The maximum atomic E-state index is 12.9. The summed E-state index contributed by atoms with van der Waals surface area (Å²) in [6, 6.07) is 7.66. The number of H-pyrrole nitrogens is 1. The molecule has 0 spiro atoms. The third-order valence-electron chi connectivity index (χ3n) is 5.10. The first-order valence-corrected chi connectivity index (χ1v) is 10.0. The highest BCUT2D eigenvalue weighted by Crippen LogP contribution is 2.39. The minimum Gasteiger partial charge on any atom is -0.493 e. The number of piperidine rings is 1. The molecule has 1 N–H and O–H groups in total.